The quantitative estimate of drug-likeness (QED) is 0.201. The first-order chi connectivity index (χ1) is 23.3. The van der Waals surface area contributed by atoms with Crippen molar-refractivity contribution < 1.29 is 4.42 Å². The number of nitrogens with zero attached hydrogens (tertiary/aromatic N) is 3. The molecule has 0 radical (unpaired) electrons. The van der Waals surface area contributed by atoms with Gasteiger partial charge in [-0.2, -0.15) is 0 Å². The number of hydrogen-bond donors (Lipinski definition) is 0. The van der Waals surface area contributed by atoms with E-state index in [-0.39, 0.29) is 0 Å². The van der Waals surface area contributed by atoms with Crippen molar-refractivity contribution in [3.8, 4) is 34.0 Å². The zero-order valence-electron chi connectivity index (χ0n) is 25.3. The van der Waals surface area contributed by atoms with Crippen molar-refractivity contribution in [2.75, 3.05) is 0 Å². The van der Waals surface area contributed by atoms with Crippen LogP contribution in [0.2, 0.25) is 0 Å². The number of rotatable bonds is 4. The van der Waals surface area contributed by atoms with Crippen molar-refractivity contribution in [3.63, 3.8) is 0 Å². The molecule has 0 aliphatic rings. The molecule has 4 heteroatoms. The minimum atomic E-state index is 0.614. The van der Waals surface area contributed by atoms with Crippen LogP contribution in [0.15, 0.2) is 168 Å². The zero-order valence-corrected chi connectivity index (χ0v) is 25.3. The molecule has 0 spiro atoms. The number of oxazole rings is 1. The molecule has 0 bridgehead atoms. The lowest BCUT2D eigenvalue weighted by atomic mass is 9.99. The van der Waals surface area contributed by atoms with Crippen LogP contribution in [0.4, 0.5) is 0 Å². The molecule has 0 aliphatic heterocycles. The summed E-state index contributed by atoms with van der Waals surface area (Å²) >= 11 is 0. The van der Waals surface area contributed by atoms with Gasteiger partial charge in [-0.3, -0.25) is 0 Å². The van der Waals surface area contributed by atoms with Crippen molar-refractivity contribution in [2.24, 2.45) is 0 Å². The minimum Gasteiger partial charge on any atom is -0.436 e. The number of fused-ring (bicyclic) bond motifs is 7. The second-order valence-electron chi connectivity index (χ2n) is 12.0. The molecular weight excluding hydrogens is 574 g/mol. The van der Waals surface area contributed by atoms with Crippen molar-refractivity contribution in [1.29, 1.82) is 0 Å². The van der Waals surface area contributed by atoms with E-state index in [1.165, 1.54) is 43.7 Å². The highest BCUT2D eigenvalue weighted by Crippen LogP contribution is 2.40. The SMILES string of the molecule is c1ccc(-n2c3ccccc3c3ccc(-c4nc5ccc(-c6cccc7c6c6ccccc6n7-c6ccccc6)cc5o4)cc32)cc1. The number of benzene rings is 7. The van der Waals surface area contributed by atoms with Gasteiger partial charge >= 0.3 is 0 Å². The molecule has 7 aromatic carbocycles. The lowest BCUT2D eigenvalue weighted by Crippen LogP contribution is -1.93. The molecular formula is C43H27N3O. The molecule has 3 heterocycles. The molecule has 10 rings (SSSR count). The van der Waals surface area contributed by atoms with Crippen LogP contribution in [0.3, 0.4) is 0 Å². The lowest BCUT2D eigenvalue weighted by Gasteiger charge is -2.08. The summed E-state index contributed by atoms with van der Waals surface area (Å²) < 4.78 is 11.2. The summed E-state index contributed by atoms with van der Waals surface area (Å²) in [6, 6.07) is 57.8. The Bertz CT molecular complexity index is 2780. The first-order valence-electron chi connectivity index (χ1n) is 15.9. The third kappa shape index (κ3) is 3.92. The molecule has 10 aromatic rings. The first-order valence-corrected chi connectivity index (χ1v) is 15.9. The van der Waals surface area contributed by atoms with E-state index >= 15 is 0 Å². The minimum absolute atomic E-state index is 0.614. The van der Waals surface area contributed by atoms with Crippen LogP contribution < -0.4 is 0 Å². The average Bonchev–Trinajstić information content (AvgIpc) is 3.82. The fraction of sp³-hybridized carbons (Fsp3) is 0. The van der Waals surface area contributed by atoms with Crippen LogP contribution in [-0.4, -0.2) is 14.1 Å². The summed E-state index contributed by atoms with van der Waals surface area (Å²) in [7, 11) is 0. The van der Waals surface area contributed by atoms with Crippen molar-refractivity contribution in [2.45, 2.75) is 0 Å². The molecule has 0 N–H and O–H groups in total. The Hall–Kier alpha value is -6.39. The predicted octanol–water partition coefficient (Wildman–Crippen LogP) is 11.4. The van der Waals surface area contributed by atoms with Crippen molar-refractivity contribution >= 4 is 54.7 Å². The fourth-order valence-electron chi connectivity index (χ4n) is 7.29. The van der Waals surface area contributed by atoms with Gasteiger partial charge in [0.1, 0.15) is 5.52 Å². The molecule has 0 saturated heterocycles. The Kier molecular flexibility index (Phi) is 5.54. The van der Waals surface area contributed by atoms with Crippen molar-refractivity contribution in [3.05, 3.63) is 164 Å². The predicted molar refractivity (Wildman–Crippen MR) is 194 cm³/mol. The van der Waals surface area contributed by atoms with Crippen LogP contribution in [-0.2, 0) is 0 Å². The zero-order chi connectivity index (χ0) is 30.9. The second-order valence-corrected chi connectivity index (χ2v) is 12.0. The van der Waals surface area contributed by atoms with Gasteiger partial charge in [-0.15, -0.1) is 0 Å². The van der Waals surface area contributed by atoms with E-state index in [9.17, 15) is 0 Å². The summed E-state index contributed by atoms with van der Waals surface area (Å²) in [6.45, 7) is 0. The van der Waals surface area contributed by atoms with Crippen LogP contribution in [0.5, 0.6) is 0 Å². The van der Waals surface area contributed by atoms with Gasteiger partial charge in [0.05, 0.1) is 22.1 Å². The normalized spacial score (nSPS) is 11.8. The summed E-state index contributed by atoms with van der Waals surface area (Å²) in [4.78, 5) is 4.96. The maximum absolute atomic E-state index is 6.53. The van der Waals surface area contributed by atoms with E-state index < -0.39 is 0 Å². The van der Waals surface area contributed by atoms with Gasteiger partial charge in [-0.1, -0.05) is 97.1 Å². The molecule has 0 fully saturated rings. The Labute approximate surface area is 270 Å². The van der Waals surface area contributed by atoms with Crippen LogP contribution in [0, 0.1) is 0 Å². The Balaban J connectivity index is 1.13. The Morgan fingerprint density at radius 3 is 1.79 bits per heavy atom. The average molecular weight is 602 g/mol. The Morgan fingerprint density at radius 1 is 0.426 bits per heavy atom. The molecule has 0 unspecified atom stereocenters. The van der Waals surface area contributed by atoms with Gasteiger partial charge in [0.15, 0.2) is 5.58 Å². The van der Waals surface area contributed by atoms with E-state index in [1.54, 1.807) is 0 Å². The van der Waals surface area contributed by atoms with E-state index in [4.69, 9.17) is 9.40 Å². The van der Waals surface area contributed by atoms with Crippen molar-refractivity contribution in [1.82, 2.24) is 14.1 Å². The van der Waals surface area contributed by atoms with Gasteiger partial charge in [0, 0.05) is 38.5 Å². The summed E-state index contributed by atoms with van der Waals surface area (Å²) in [5, 5.41) is 4.88. The lowest BCUT2D eigenvalue weighted by molar-refractivity contribution is 0.620. The third-order valence-electron chi connectivity index (χ3n) is 9.35. The molecule has 4 nitrogen and oxygen atoms in total. The molecule has 0 atom stereocenters. The summed E-state index contributed by atoms with van der Waals surface area (Å²) in [6.07, 6.45) is 0. The standard InChI is InChI=1S/C43H27N3O/c1-3-12-30(13-4-1)45-38-20-10-8-17-35(38)42-32(18-11-21-39(42)45)28-23-25-36-41(27-28)47-43(44-36)29-22-24-34-33-16-7-9-19-37(33)46(40(34)26-29)31-14-5-2-6-15-31/h1-27H. The second kappa shape index (κ2) is 10.1. The monoisotopic (exact) mass is 601 g/mol. The van der Waals surface area contributed by atoms with Crippen LogP contribution in [0.1, 0.15) is 0 Å². The summed E-state index contributed by atoms with van der Waals surface area (Å²) in [5.74, 6) is 0.614. The number of hydrogen-bond acceptors (Lipinski definition) is 2. The largest absolute Gasteiger partial charge is 0.436 e. The number of aromatic nitrogens is 3. The van der Waals surface area contributed by atoms with Gasteiger partial charge < -0.3 is 13.6 Å². The Morgan fingerprint density at radius 2 is 1.02 bits per heavy atom. The van der Waals surface area contributed by atoms with E-state index in [0.29, 0.717) is 5.89 Å². The molecule has 220 valence electrons. The smallest absolute Gasteiger partial charge is 0.227 e. The molecule has 3 aromatic heterocycles. The fourth-order valence-corrected chi connectivity index (χ4v) is 7.29. The number of para-hydroxylation sites is 4. The highest BCUT2D eigenvalue weighted by Gasteiger charge is 2.18. The van der Waals surface area contributed by atoms with Gasteiger partial charge in [-0.25, -0.2) is 4.98 Å². The molecule has 0 aliphatic carbocycles. The highest BCUT2D eigenvalue weighted by molar-refractivity contribution is 6.16. The first kappa shape index (κ1) is 25.9. The molecule has 0 amide bonds. The van der Waals surface area contributed by atoms with E-state index in [0.717, 1.165) is 39.1 Å². The maximum atomic E-state index is 6.53. The third-order valence-corrected chi connectivity index (χ3v) is 9.35. The van der Waals surface area contributed by atoms with E-state index in [1.807, 2.05) is 0 Å². The topological polar surface area (TPSA) is 35.9 Å². The van der Waals surface area contributed by atoms with Gasteiger partial charge in [-0.05, 0) is 77.9 Å². The summed E-state index contributed by atoms with van der Waals surface area (Å²) in [5.41, 5.74) is 11.8. The maximum Gasteiger partial charge on any atom is 0.227 e. The van der Waals surface area contributed by atoms with E-state index in [2.05, 4.69) is 173 Å². The highest BCUT2D eigenvalue weighted by atomic mass is 16.3. The molecule has 0 saturated carbocycles. The van der Waals surface area contributed by atoms with Crippen LogP contribution in [0.25, 0.3) is 88.7 Å². The van der Waals surface area contributed by atoms with Gasteiger partial charge in [0.25, 0.3) is 0 Å². The van der Waals surface area contributed by atoms with Crippen LogP contribution >= 0.6 is 0 Å². The van der Waals surface area contributed by atoms with Gasteiger partial charge in [0.2, 0.25) is 5.89 Å². The molecule has 47 heavy (non-hydrogen) atoms.